The molecule has 0 heterocycles. The monoisotopic (exact) mass is 338 g/mol. The first-order chi connectivity index (χ1) is 12.3. The third-order valence-electron chi connectivity index (χ3n) is 4.11. The highest BCUT2D eigenvalue weighted by Crippen LogP contribution is 2.17. The van der Waals surface area contributed by atoms with Crippen LogP contribution in [0.5, 0.6) is 0 Å². The summed E-state index contributed by atoms with van der Waals surface area (Å²) in [6, 6.07) is 39.9. The van der Waals surface area contributed by atoms with Crippen molar-refractivity contribution in [2.75, 3.05) is 0 Å². The summed E-state index contributed by atoms with van der Waals surface area (Å²) in [4.78, 5) is 0. The summed E-state index contributed by atoms with van der Waals surface area (Å²) in [5.41, 5.74) is 5.26. The van der Waals surface area contributed by atoms with Crippen LogP contribution in [0.15, 0.2) is 115 Å². The summed E-state index contributed by atoms with van der Waals surface area (Å²) in [5.74, 6) is 0. The van der Waals surface area contributed by atoms with Crippen molar-refractivity contribution in [2.24, 2.45) is 0 Å². The van der Waals surface area contributed by atoms with Gasteiger partial charge in [0.15, 0.2) is 0 Å². The molecule has 0 aliphatic heterocycles. The van der Waals surface area contributed by atoms with Crippen molar-refractivity contribution >= 4 is 15.4 Å². The molecule has 1 heteroatoms. The predicted octanol–water partition coefficient (Wildman–Crippen LogP) is 4.70. The van der Waals surface area contributed by atoms with E-state index in [0.717, 1.165) is 10.2 Å². The van der Waals surface area contributed by atoms with Gasteiger partial charge in [-0.05, 0) is 22.3 Å². The van der Waals surface area contributed by atoms with E-state index in [-0.39, 0.29) is 0 Å². The molecule has 0 N–H and O–H groups in total. The van der Waals surface area contributed by atoms with Crippen molar-refractivity contribution in [3.63, 3.8) is 0 Å². The Kier molecular flexibility index (Phi) is 5.97. The summed E-state index contributed by atoms with van der Waals surface area (Å²) in [7, 11) is 1.11. The first-order valence-corrected chi connectivity index (χ1v) is 9.56. The number of benzene rings is 4. The van der Waals surface area contributed by atoms with E-state index in [1.165, 1.54) is 27.4 Å². The molecule has 0 nitrogen and oxygen atoms in total. The second kappa shape index (κ2) is 8.81. The molecular weight excluding hydrogens is 316 g/mol. The lowest BCUT2D eigenvalue weighted by atomic mass is 10.1. The van der Waals surface area contributed by atoms with E-state index in [9.17, 15) is 0 Å². The lowest BCUT2D eigenvalue weighted by Crippen LogP contribution is -2.04. The first kappa shape index (κ1) is 16.9. The summed E-state index contributed by atoms with van der Waals surface area (Å²) < 4.78 is 0. The Morgan fingerprint density at radius 2 is 0.720 bits per heavy atom. The van der Waals surface area contributed by atoms with Crippen LogP contribution in [0.1, 0.15) is 0 Å². The molecule has 0 aliphatic carbocycles. The molecule has 25 heavy (non-hydrogen) atoms. The molecule has 0 amide bonds. The molecule has 0 saturated heterocycles. The molecule has 0 aromatic heterocycles. The lowest BCUT2D eigenvalue weighted by molar-refractivity contribution is 1.62. The maximum Gasteiger partial charge on any atom is 0.0393 e. The second-order valence-corrected chi connectivity index (χ2v) is 6.99. The molecular formula is C24H22Si. The molecule has 4 aromatic carbocycles. The van der Waals surface area contributed by atoms with Gasteiger partial charge in [-0.1, -0.05) is 120 Å². The average molecular weight is 339 g/mol. The summed E-state index contributed by atoms with van der Waals surface area (Å²) in [5, 5.41) is 1.47. The lowest BCUT2D eigenvalue weighted by Gasteiger charge is -2.04. The summed E-state index contributed by atoms with van der Waals surface area (Å²) in [6.07, 6.45) is 0. The van der Waals surface area contributed by atoms with E-state index < -0.39 is 0 Å². The first-order valence-electron chi connectivity index (χ1n) is 8.56. The maximum absolute atomic E-state index is 2.20. The molecule has 4 aromatic rings. The molecule has 4 rings (SSSR count). The number of hydrogen-bond acceptors (Lipinski definition) is 0. The second-order valence-electron chi connectivity index (χ2n) is 5.91. The van der Waals surface area contributed by atoms with Gasteiger partial charge in [-0.15, -0.1) is 0 Å². The fraction of sp³-hybridized carbons (Fsp3) is 0. The van der Waals surface area contributed by atoms with Crippen molar-refractivity contribution in [3.05, 3.63) is 115 Å². The largest absolute Gasteiger partial charge is 0.0634 e. The van der Waals surface area contributed by atoms with Crippen LogP contribution in [0.2, 0.25) is 0 Å². The highest BCUT2D eigenvalue weighted by Gasteiger charge is 1.97. The molecule has 122 valence electrons. The van der Waals surface area contributed by atoms with Crippen molar-refractivity contribution in [2.45, 2.75) is 0 Å². The molecule has 0 aliphatic rings. The Bertz CT molecular complexity index is 847. The maximum atomic E-state index is 2.20. The Morgan fingerprint density at radius 3 is 1.16 bits per heavy atom. The van der Waals surface area contributed by atoms with E-state index in [2.05, 4.69) is 103 Å². The van der Waals surface area contributed by atoms with Crippen LogP contribution in [0.4, 0.5) is 0 Å². The third kappa shape index (κ3) is 4.79. The van der Waals surface area contributed by atoms with Crippen molar-refractivity contribution < 1.29 is 0 Å². The zero-order chi connectivity index (χ0) is 17.3. The number of hydrogen-bond donors (Lipinski definition) is 0. The molecule has 0 saturated carbocycles. The molecule has 0 unspecified atom stereocenters. The molecule has 0 atom stereocenters. The zero-order valence-corrected chi connectivity index (χ0v) is 16.5. The van der Waals surface area contributed by atoms with Crippen molar-refractivity contribution in [1.29, 1.82) is 0 Å². The van der Waals surface area contributed by atoms with E-state index in [4.69, 9.17) is 0 Å². The smallest absolute Gasteiger partial charge is 0.0393 e. The van der Waals surface area contributed by atoms with E-state index in [1.54, 1.807) is 0 Å². The van der Waals surface area contributed by atoms with Gasteiger partial charge in [-0.2, -0.15) is 0 Å². The minimum atomic E-state index is 1.11. The van der Waals surface area contributed by atoms with Crippen molar-refractivity contribution in [1.82, 2.24) is 0 Å². The molecule has 0 radical (unpaired) electrons. The molecule has 0 fully saturated rings. The fourth-order valence-corrected chi connectivity index (χ4v) is 3.42. The zero-order valence-electron chi connectivity index (χ0n) is 14.5. The van der Waals surface area contributed by atoms with Gasteiger partial charge in [0.25, 0.3) is 0 Å². The minimum absolute atomic E-state index is 1.11. The van der Waals surface area contributed by atoms with E-state index in [0.29, 0.717) is 0 Å². The van der Waals surface area contributed by atoms with Gasteiger partial charge in [0, 0.05) is 10.2 Å². The van der Waals surface area contributed by atoms with Gasteiger partial charge in [-0.3, -0.25) is 0 Å². The summed E-state index contributed by atoms with van der Waals surface area (Å²) >= 11 is 0. The van der Waals surface area contributed by atoms with E-state index >= 15 is 0 Å². The average Bonchev–Trinajstić information content (AvgIpc) is 2.71. The predicted molar refractivity (Wildman–Crippen MR) is 113 cm³/mol. The minimum Gasteiger partial charge on any atom is -0.0634 e. The Hall–Kier alpha value is -2.90. The molecule has 0 spiro atoms. The Morgan fingerprint density at radius 1 is 0.360 bits per heavy atom. The van der Waals surface area contributed by atoms with Gasteiger partial charge in [0.05, 0.1) is 0 Å². The van der Waals surface area contributed by atoms with Crippen LogP contribution >= 0.6 is 0 Å². The SMILES string of the molecule is [SiH3]c1ccccc1-c1ccccc1.c1ccc(-c2ccccc2)cc1. The van der Waals surface area contributed by atoms with Crippen LogP contribution < -0.4 is 5.19 Å². The topological polar surface area (TPSA) is 0 Å². The van der Waals surface area contributed by atoms with Crippen LogP contribution in [0.3, 0.4) is 0 Å². The standard InChI is InChI=1S/C12H12Si.C12H10/c13-12-9-5-4-8-11(12)10-6-2-1-3-7-10;1-3-7-11(8-4-1)12-9-5-2-6-10-12/h1-9H,13H3;1-10H. The van der Waals surface area contributed by atoms with Crippen molar-refractivity contribution in [3.8, 4) is 22.3 Å². The van der Waals surface area contributed by atoms with E-state index in [1.807, 2.05) is 12.1 Å². The fourth-order valence-electron chi connectivity index (χ4n) is 2.78. The Balaban J connectivity index is 0.000000146. The van der Waals surface area contributed by atoms with Gasteiger partial charge in [0.2, 0.25) is 0 Å². The third-order valence-corrected chi connectivity index (χ3v) is 4.98. The van der Waals surface area contributed by atoms with Gasteiger partial charge < -0.3 is 0 Å². The Labute approximate surface area is 153 Å². The van der Waals surface area contributed by atoms with Crippen LogP contribution in [-0.2, 0) is 0 Å². The molecule has 0 bridgehead atoms. The van der Waals surface area contributed by atoms with Gasteiger partial charge >= 0.3 is 0 Å². The summed E-state index contributed by atoms with van der Waals surface area (Å²) in [6.45, 7) is 0. The van der Waals surface area contributed by atoms with Crippen LogP contribution in [0.25, 0.3) is 22.3 Å². The highest BCUT2D eigenvalue weighted by molar-refractivity contribution is 6.35. The normalized spacial score (nSPS) is 9.92. The van der Waals surface area contributed by atoms with Crippen LogP contribution in [0, 0.1) is 0 Å². The van der Waals surface area contributed by atoms with Gasteiger partial charge in [0.1, 0.15) is 0 Å². The van der Waals surface area contributed by atoms with Gasteiger partial charge in [-0.25, -0.2) is 0 Å². The quantitative estimate of drug-likeness (QED) is 0.465. The number of rotatable bonds is 2. The van der Waals surface area contributed by atoms with Crippen LogP contribution in [-0.4, -0.2) is 10.2 Å². The highest BCUT2D eigenvalue weighted by atomic mass is 28.1.